The van der Waals surface area contributed by atoms with Crippen LogP contribution in [-0.2, 0) is 5.41 Å². The van der Waals surface area contributed by atoms with Gasteiger partial charge in [-0.2, -0.15) is 0 Å². The molecule has 1 aromatic heterocycles. The number of carboxylic acid groups (broad SMARTS) is 1. The number of hydrogen-bond acceptors (Lipinski definition) is 2. The summed E-state index contributed by atoms with van der Waals surface area (Å²) in [5.41, 5.74) is 1.57. The van der Waals surface area contributed by atoms with E-state index in [1.165, 1.54) is 4.90 Å². The topological polar surface area (TPSA) is 53.4 Å². The Kier molecular flexibility index (Phi) is 3.74. The second-order valence-corrected chi connectivity index (χ2v) is 5.61. The van der Waals surface area contributed by atoms with Crippen molar-refractivity contribution in [3.8, 4) is 0 Å². The fourth-order valence-electron chi connectivity index (χ4n) is 1.92. The van der Waals surface area contributed by atoms with E-state index in [4.69, 9.17) is 0 Å². The Bertz CT molecular complexity index is 603. The summed E-state index contributed by atoms with van der Waals surface area (Å²) in [5.74, 6) is 0.413. The van der Waals surface area contributed by atoms with Crippen molar-refractivity contribution in [2.24, 2.45) is 0 Å². The van der Waals surface area contributed by atoms with E-state index >= 15 is 0 Å². The molecule has 0 saturated heterocycles. The Morgan fingerprint density at radius 2 is 1.80 bits per heavy atom. The fraction of sp³-hybridized carbons (Fsp3) is 0.250. The molecule has 0 fully saturated rings. The molecular weight excluding hydrogens is 252 g/mol. The lowest BCUT2D eigenvalue weighted by atomic mass is 9.88. The summed E-state index contributed by atoms with van der Waals surface area (Å²) >= 11 is 0. The molecule has 1 amide bonds. The van der Waals surface area contributed by atoms with E-state index in [9.17, 15) is 9.90 Å². The smallest absolute Gasteiger partial charge is 0.417 e. The van der Waals surface area contributed by atoms with Crippen LogP contribution in [0.5, 0.6) is 0 Å². The van der Waals surface area contributed by atoms with Gasteiger partial charge in [-0.05, 0) is 35.2 Å². The van der Waals surface area contributed by atoms with Gasteiger partial charge in [0.2, 0.25) is 0 Å². The second-order valence-electron chi connectivity index (χ2n) is 5.61. The summed E-state index contributed by atoms with van der Waals surface area (Å²) in [7, 11) is 0. The van der Waals surface area contributed by atoms with Crippen LogP contribution in [0.3, 0.4) is 0 Å². The number of rotatable bonds is 2. The molecule has 0 spiro atoms. The maximum atomic E-state index is 11.5. The minimum absolute atomic E-state index is 0.0570. The molecule has 2 rings (SSSR count). The Labute approximate surface area is 118 Å². The fourth-order valence-corrected chi connectivity index (χ4v) is 1.92. The highest BCUT2D eigenvalue weighted by Crippen LogP contribution is 2.28. The highest BCUT2D eigenvalue weighted by molar-refractivity contribution is 5.93. The monoisotopic (exact) mass is 270 g/mol. The zero-order valence-electron chi connectivity index (χ0n) is 11.9. The molecule has 4 heteroatoms. The van der Waals surface area contributed by atoms with Crippen molar-refractivity contribution in [2.75, 3.05) is 4.90 Å². The maximum absolute atomic E-state index is 11.5. The highest BCUT2D eigenvalue weighted by Gasteiger charge is 2.21. The van der Waals surface area contributed by atoms with Gasteiger partial charge in [0.25, 0.3) is 0 Å². The number of anilines is 2. The van der Waals surface area contributed by atoms with Crippen molar-refractivity contribution in [1.29, 1.82) is 0 Å². The van der Waals surface area contributed by atoms with Crippen molar-refractivity contribution >= 4 is 17.6 Å². The van der Waals surface area contributed by atoms with Gasteiger partial charge in [-0.15, -0.1) is 0 Å². The van der Waals surface area contributed by atoms with Gasteiger partial charge in [0.15, 0.2) is 0 Å². The molecular formula is C16H18N2O2. The molecule has 0 aliphatic carbocycles. The molecule has 0 aliphatic heterocycles. The minimum Gasteiger partial charge on any atom is -0.464 e. The van der Waals surface area contributed by atoms with E-state index in [-0.39, 0.29) is 5.41 Å². The Morgan fingerprint density at radius 3 is 2.35 bits per heavy atom. The summed E-state index contributed by atoms with van der Waals surface area (Å²) in [5, 5.41) is 9.46. The molecule has 0 aliphatic rings. The SMILES string of the molecule is CC(C)(C)c1ccnc(N(C(=O)O)c2ccccc2)c1. The Hall–Kier alpha value is -2.36. The van der Waals surface area contributed by atoms with Crippen molar-refractivity contribution in [3.63, 3.8) is 0 Å². The average molecular weight is 270 g/mol. The summed E-state index contributed by atoms with van der Waals surface area (Å²) in [6.45, 7) is 6.25. The predicted octanol–water partition coefficient (Wildman–Crippen LogP) is 4.20. The van der Waals surface area contributed by atoms with Gasteiger partial charge in [0, 0.05) is 6.20 Å². The van der Waals surface area contributed by atoms with Crippen LogP contribution in [0, 0.1) is 0 Å². The zero-order chi connectivity index (χ0) is 14.8. The number of nitrogens with zero attached hydrogens (tertiary/aromatic N) is 2. The predicted molar refractivity (Wildman–Crippen MR) is 79.5 cm³/mol. The molecule has 0 bridgehead atoms. The zero-order valence-corrected chi connectivity index (χ0v) is 11.9. The maximum Gasteiger partial charge on any atom is 0.417 e. The van der Waals surface area contributed by atoms with Crippen molar-refractivity contribution in [1.82, 2.24) is 4.98 Å². The van der Waals surface area contributed by atoms with Crippen molar-refractivity contribution < 1.29 is 9.90 Å². The van der Waals surface area contributed by atoms with Crippen molar-refractivity contribution in [3.05, 3.63) is 54.2 Å². The molecule has 2 aromatic rings. The van der Waals surface area contributed by atoms with Crippen LogP contribution in [0.15, 0.2) is 48.7 Å². The van der Waals surface area contributed by atoms with Gasteiger partial charge in [0.05, 0.1) is 5.69 Å². The van der Waals surface area contributed by atoms with Gasteiger partial charge >= 0.3 is 6.09 Å². The molecule has 0 unspecified atom stereocenters. The number of hydrogen-bond donors (Lipinski definition) is 1. The summed E-state index contributed by atoms with van der Waals surface area (Å²) in [4.78, 5) is 16.9. The van der Waals surface area contributed by atoms with Gasteiger partial charge < -0.3 is 5.11 Å². The van der Waals surface area contributed by atoms with Gasteiger partial charge in [0.1, 0.15) is 5.82 Å². The minimum atomic E-state index is -1.05. The molecule has 0 atom stereocenters. The highest BCUT2D eigenvalue weighted by atomic mass is 16.4. The van der Waals surface area contributed by atoms with Crippen LogP contribution in [0.25, 0.3) is 0 Å². The number of aromatic nitrogens is 1. The second kappa shape index (κ2) is 5.33. The van der Waals surface area contributed by atoms with Crippen LogP contribution >= 0.6 is 0 Å². The van der Waals surface area contributed by atoms with Gasteiger partial charge in [-0.1, -0.05) is 39.0 Å². The Morgan fingerprint density at radius 1 is 1.15 bits per heavy atom. The van der Waals surface area contributed by atoms with E-state index in [1.807, 2.05) is 18.2 Å². The third kappa shape index (κ3) is 2.96. The van der Waals surface area contributed by atoms with E-state index in [0.29, 0.717) is 11.5 Å². The molecule has 1 heterocycles. The first kappa shape index (κ1) is 14.1. The quantitative estimate of drug-likeness (QED) is 0.890. The molecule has 20 heavy (non-hydrogen) atoms. The molecule has 0 radical (unpaired) electrons. The molecule has 1 aromatic carbocycles. The summed E-state index contributed by atoms with van der Waals surface area (Å²) in [6, 6.07) is 12.7. The third-order valence-corrected chi connectivity index (χ3v) is 3.05. The third-order valence-electron chi connectivity index (χ3n) is 3.05. The Balaban J connectivity index is 2.49. The summed E-state index contributed by atoms with van der Waals surface area (Å²) in [6.07, 6.45) is 0.601. The standard InChI is InChI=1S/C16H18N2O2/c1-16(2,3)12-9-10-17-14(11-12)18(15(19)20)13-7-5-4-6-8-13/h4-11H,1-3H3,(H,19,20). The lowest BCUT2D eigenvalue weighted by Gasteiger charge is -2.23. The van der Waals surface area contributed by atoms with Crippen molar-refractivity contribution in [2.45, 2.75) is 26.2 Å². The number of carbonyl (C=O) groups is 1. The normalized spacial score (nSPS) is 11.2. The summed E-state index contributed by atoms with van der Waals surface area (Å²) < 4.78 is 0. The van der Waals surface area contributed by atoms with Crippen LogP contribution in [0.4, 0.5) is 16.3 Å². The number of amides is 1. The first-order chi connectivity index (χ1) is 9.39. The number of para-hydroxylation sites is 1. The lowest BCUT2D eigenvalue weighted by Crippen LogP contribution is -2.25. The average Bonchev–Trinajstić information content (AvgIpc) is 2.39. The molecule has 1 N–H and O–H groups in total. The first-order valence-corrected chi connectivity index (χ1v) is 6.44. The number of pyridine rings is 1. The van der Waals surface area contributed by atoms with Crippen LogP contribution in [0.1, 0.15) is 26.3 Å². The van der Waals surface area contributed by atoms with Crippen LogP contribution in [-0.4, -0.2) is 16.2 Å². The molecule has 4 nitrogen and oxygen atoms in total. The first-order valence-electron chi connectivity index (χ1n) is 6.44. The van der Waals surface area contributed by atoms with Gasteiger partial charge in [-0.25, -0.2) is 14.7 Å². The van der Waals surface area contributed by atoms with Crippen LogP contribution in [0.2, 0.25) is 0 Å². The lowest BCUT2D eigenvalue weighted by molar-refractivity contribution is 0.204. The molecule has 104 valence electrons. The van der Waals surface area contributed by atoms with E-state index in [2.05, 4.69) is 25.8 Å². The molecule has 0 saturated carbocycles. The van der Waals surface area contributed by atoms with Crippen LogP contribution < -0.4 is 4.90 Å². The number of benzene rings is 1. The van der Waals surface area contributed by atoms with E-state index < -0.39 is 6.09 Å². The van der Waals surface area contributed by atoms with Gasteiger partial charge in [-0.3, -0.25) is 0 Å². The van der Waals surface area contributed by atoms with E-state index in [1.54, 1.807) is 30.5 Å². The van der Waals surface area contributed by atoms with E-state index in [0.717, 1.165) is 5.56 Å². The largest absolute Gasteiger partial charge is 0.464 e.